The zero-order chi connectivity index (χ0) is 61.1. The molecule has 0 saturated carbocycles. The van der Waals surface area contributed by atoms with Crippen molar-refractivity contribution in [3.63, 3.8) is 0 Å². The van der Waals surface area contributed by atoms with Gasteiger partial charge in [-0.2, -0.15) is 12.6 Å². The zero-order valence-corrected chi connectivity index (χ0v) is 47.0. The van der Waals surface area contributed by atoms with Crippen LogP contribution in [0, 0.1) is 11.8 Å². The van der Waals surface area contributed by atoms with Crippen LogP contribution in [-0.4, -0.2) is 184 Å². The summed E-state index contributed by atoms with van der Waals surface area (Å²) in [7, 11) is 0. The number of carboxylic acids is 1. The molecule has 0 aromatic heterocycles. The molecule has 0 spiro atoms. The van der Waals surface area contributed by atoms with Gasteiger partial charge in [-0.05, 0) is 64.4 Å². The predicted octanol–water partition coefficient (Wildman–Crippen LogP) is -6.52. The van der Waals surface area contributed by atoms with Crippen LogP contribution in [0.3, 0.4) is 0 Å². The van der Waals surface area contributed by atoms with Crippen molar-refractivity contribution in [1.82, 2.24) is 53.2 Å². The molecule has 1 aromatic carbocycles. The summed E-state index contributed by atoms with van der Waals surface area (Å²) >= 11 is 4.12. The normalized spacial score (nSPS) is 15.6. The molecule has 31 heteroatoms. The van der Waals surface area contributed by atoms with Gasteiger partial charge in [-0.15, -0.1) is 0 Å². The van der Waals surface area contributed by atoms with E-state index in [1.165, 1.54) is 27.7 Å². The lowest BCUT2D eigenvalue weighted by atomic mass is 10.00. The largest absolute Gasteiger partial charge is 0.480 e. The molecule has 30 nitrogen and oxygen atoms in total. The number of guanidine groups is 1. The standard InChI is InChI=1S/C49H81N15O15S/c1-22(2)17-30(42(72)55-24(5)39(69)59-31(18-28-13-10-9-11-14-28)43(73)63-36(23(3)4)46(76)60-32(48(78)79)19-35(51)67)58-38(68)25(6)56-45(75)34(21-80)62-44(74)33(20-65)61-40(70)26(7)57-47(77)37(27(8)66)64-41(71)29(50)15-12-16-54-49(52)53/h9-11,13-14,22-27,29-34,36-37,65-66,80H,12,15-21,50H2,1-8H3,(H2,51,67)(H,55,72)(H,56,75)(H,57,77)(H,58,68)(H,59,69)(H,60,76)(H,61,70)(H,62,74)(H,63,73)(H,64,71)(H,78,79)(H4,52,53,54)/t24-,25-,26-,27+,29-,30-,31-,32-,33-,34-,36-,37-/m0/s1. The van der Waals surface area contributed by atoms with Crippen molar-refractivity contribution in [3.8, 4) is 0 Å². The van der Waals surface area contributed by atoms with E-state index in [2.05, 4.69) is 70.8 Å². The molecule has 11 amide bonds. The number of nitrogens with zero attached hydrogens (tertiary/aromatic N) is 1. The molecule has 0 heterocycles. The lowest BCUT2D eigenvalue weighted by Gasteiger charge is -2.28. The maximum Gasteiger partial charge on any atom is 0.326 e. The van der Waals surface area contributed by atoms with Gasteiger partial charge < -0.3 is 91.4 Å². The summed E-state index contributed by atoms with van der Waals surface area (Å²) < 4.78 is 0. The molecule has 0 fully saturated rings. The van der Waals surface area contributed by atoms with Crippen LogP contribution in [0.1, 0.15) is 86.6 Å². The molecule has 80 heavy (non-hydrogen) atoms. The van der Waals surface area contributed by atoms with Crippen LogP contribution in [0.4, 0.5) is 0 Å². The highest BCUT2D eigenvalue weighted by atomic mass is 32.1. The maximum atomic E-state index is 13.8. The predicted molar refractivity (Wildman–Crippen MR) is 293 cm³/mol. The van der Waals surface area contributed by atoms with E-state index in [0.717, 1.165) is 0 Å². The number of aliphatic imine (C=N–C) groups is 1. The van der Waals surface area contributed by atoms with E-state index < -0.39 is 162 Å². The fourth-order valence-electron chi connectivity index (χ4n) is 7.21. The molecule has 0 aliphatic rings. The first kappa shape index (κ1) is 70.4. The van der Waals surface area contributed by atoms with Crippen LogP contribution in [0.5, 0.6) is 0 Å². The van der Waals surface area contributed by atoms with E-state index in [-0.39, 0.29) is 43.4 Å². The first-order valence-corrected chi connectivity index (χ1v) is 26.3. The molecule has 0 saturated heterocycles. The number of amides is 11. The first-order chi connectivity index (χ1) is 37.3. The van der Waals surface area contributed by atoms with Gasteiger partial charge in [-0.25, -0.2) is 4.79 Å². The minimum Gasteiger partial charge on any atom is -0.480 e. The van der Waals surface area contributed by atoms with Crippen LogP contribution < -0.4 is 76.1 Å². The topological polar surface area (TPSA) is 502 Å². The first-order valence-electron chi connectivity index (χ1n) is 25.6. The van der Waals surface area contributed by atoms with E-state index in [1.807, 2.05) is 0 Å². The second-order valence-electron chi connectivity index (χ2n) is 19.7. The SMILES string of the molecule is CC(C)C[C@H](NC(=O)[C@H](C)NC(=O)[C@H](CS)NC(=O)[C@H](CO)NC(=O)[C@H](C)NC(=O)[C@@H](NC(=O)[C@@H](N)CCCN=C(N)N)[C@@H](C)O)C(=O)N[C@@H](C)C(=O)N[C@@H](Cc1ccccc1)C(=O)N[C@H](C(=O)N[C@@H](CC(N)=O)C(=O)O)C(C)C. The van der Waals surface area contributed by atoms with E-state index >= 15 is 0 Å². The van der Waals surface area contributed by atoms with Gasteiger partial charge >= 0.3 is 5.97 Å². The monoisotopic (exact) mass is 1150 g/mol. The third-order valence-corrected chi connectivity index (χ3v) is 12.1. The average molecular weight is 1150 g/mol. The number of primary amides is 1. The highest BCUT2D eigenvalue weighted by Gasteiger charge is 2.36. The lowest BCUT2D eigenvalue weighted by Crippen LogP contribution is -2.61. The van der Waals surface area contributed by atoms with Crippen molar-refractivity contribution in [1.29, 1.82) is 0 Å². The summed E-state index contributed by atoms with van der Waals surface area (Å²) in [5, 5.41) is 53.7. The van der Waals surface area contributed by atoms with E-state index in [1.54, 1.807) is 58.0 Å². The van der Waals surface area contributed by atoms with Crippen molar-refractivity contribution >= 4 is 89.5 Å². The Hall–Kier alpha value is -7.64. The number of carboxylic acid groups (broad SMARTS) is 1. The number of thiol groups is 1. The molecule has 21 N–H and O–H groups in total. The number of nitrogens with one attached hydrogen (secondary N) is 10. The van der Waals surface area contributed by atoms with Gasteiger partial charge in [0.1, 0.15) is 60.4 Å². The molecule has 448 valence electrons. The van der Waals surface area contributed by atoms with Gasteiger partial charge in [0, 0.05) is 18.7 Å². The van der Waals surface area contributed by atoms with Crippen LogP contribution in [0.25, 0.3) is 0 Å². The number of aliphatic carboxylic acids is 1. The molecule has 0 unspecified atom stereocenters. The number of carbonyl (C=O) groups is 12. The molecular formula is C49H81N15O15S. The number of hydrogen-bond donors (Lipinski definition) is 18. The number of aliphatic hydroxyl groups is 2. The smallest absolute Gasteiger partial charge is 0.326 e. The molecule has 0 bridgehead atoms. The van der Waals surface area contributed by atoms with Gasteiger partial charge in [0.25, 0.3) is 0 Å². The summed E-state index contributed by atoms with van der Waals surface area (Å²) in [6.07, 6.45) is -1.79. The second kappa shape index (κ2) is 35.1. The number of benzene rings is 1. The van der Waals surface area contributed by atoms with Gasteiger partial charge in [-0.1, -0.05) is 58.0 Å². The second-order valence-corrected chi connectivity index (χ2v) is 20.1. The molecule has 12 atom stereocenters. The summed E-state index contributed by atoms with van der Waals surface area (Å²) in [5.74, 6) is -13.0. The number of hydrogen-bond acceptors (Lipinski definition) is 17. The van der Waals surface area contributed by atoms with Crippen LogP contribution in [-0.2, 0) is 64.0 Å². The summed E-state index contributed by atoms with van der Waals surface area (Å²) in [6.45, 7) is 10.8. The fourth-order valence-corrected chi connectivity index (χ4v) is 7.47. The lowest BCUT2D eigenvalue weighted by molar-refractivity contribution is -0.144. The van der Waals surface area contributed by atoms with Crippen molar-refractivity contribution in [2.24, 2.45) is 39.8 Å². The van der Waals surface area contributed by atoms with Gasteiger partial charge in [0.05, 0.1) is 25.2 Å². The molecule has 1 rings (SSSR count). The number of carbonyl (C=O) groups excluding carboxylic acids is 11. The maximum absolute atomic E-state index is 13.8. The Morgan fingerprint density at radius 2 is 0.988 bits per heavy atom. The zero-order valence-electron chi connectivity index (χ0n) is 46.1. The van der Waals surface area contributed by atoms with Gasteiger partial charge in [-0.3, -0.25) is 57.7 Å². The molecule has 1 aromatic rings. The highest BCUT2D eigenvalue weighted by Crippen LogP contribution is 2.10. The fraction of sp³-hybridized carbons (Fsp3) is 0.612. The Morgan fingerprint density at radius 1 is 0.550 bits per heavy atom. The quantitative estimate of drug-likeness (QED) is 0.0130. The van der Waals surface area contributed by atoms with Crippen molar-refractivity contribution in [2.75, 3.05) is 18.9 Å². The Labute approximate surface area is 468 Å². The van der Waals surface area contributed by atoms with Crippen LogP contribution in [0.2, 0.25) is 0 Å². The minimum atomic E-state index is -1.69. The molecule has 0 radical (unpaired) electrons. The van der Waals surface area contributed by atoms with E-state index in [9.17, 15) is 72.9 Å². The summed E-state index contributed by atoms with van der Waals surface area (Å²) in [6, 6.07) is -7.17. The minimum absolute atomic E-state index is 0.0361. The van der Waals surface area contributed by atoms with Crippen LogP contribution >= 0.6 is 12.6 Å². The molecular weight excluding hydrogens is 1070 g/mol. The number of aliphatic hydroxyl groups excluding tert-OH is 2. The Morgan fingerprint density at radius 3 is 1.45 bits per heavy atom. The number of rotatable bonds is 35. The van der Waals surface area contributed by atoms with E-state index in [0.29, 0.717) is 12.0 Å². The van der Waals surface area contributed by atoms with Crippen LogP contribution in [0.15, 0.2) is 35.3 Å². The molecule has 0 aliphatic carbocycles. The average Bonchev–Trinajstić information content (AvgIpc) is 3.37. The third-order valence-electron chi connectivity index (χ3n) is 11.8. The third kappa shape index (κ3) is 25.4. The van der Waals surface area contributed by atoms with Gasteiger partial charge in [0.2, 0.25) is 65.0 Å². The Balaban J connectivity index is 3.06. The molecule has 0 aliphatic heterocycles. The summed E-state index contributed by atoms with van der Waals surface area (Å²) in [4.78, 5) is 160. The van der Waals surface area contributed by atoms with E-state index in [4.69, 9.17) is 22.9 Å². The Bertz CT molecular complexity index is 2340. The Kier molecular flexibility index (Phi) is 30.9. The highest BCUT2D eigenvalue weighted by molar-refractivity contribution is 7.80. The summed E-state index contributed by atoms with van der Waals surface area (Å²) in [5.41, 5.74) is 22.2. The van der Waals surface area contributed by atoms with Crippen molar-refractivity contribution in [2.45, 2.75) is 160 Å². The van der Waals surface area contributed by atoms with Crippen molar-refractivity contribution < 1.29 is 72.9 Å². The number of nitrogens with two attached hydrogens (primary N) is 4. The van der Waals surface area contributed by atoms with Gasteiger partial charge in [0.15, 0.2) is 5.96 Å². The van der Waals surface area contributed by atoms with Crippen molar-refractivity contribution in [3.05, 3.63) is 35.9 Å².